The minimum absolute atomic E-state index is 0.0355. The first-order chi connectivity index (χ1) is 6.00. The van der Waals surface area contributed by atoms with Gasteiger partial charge in [-0.15, -0.1) is 0 Å². The summed E-state index contributed by atoms with van der Waals surface area (Å²) in [5.74, 6) is -1.24. The molecule has 1 rings (SSSR count). The maximum Gasteiger partial charge on any atom is 0.307 e. The number of benzene rings is 1. The van der Waals surface area contributed by atoms with Gasteiger partial charge in [0.15, 0.2) is 0 Å². The van der Waals surface area contributed by atoms with Gasteiger partial charge < -0.3 is 15.3 Å². The van der Waals surface area contributed by atoms with Crippen molar-refractivity contribution in [2.75, 3.05) is 0 Å². The maximum absolute atomic E-state index is 10.3. The molecular formula is C9H10O4. The number of phenols is 2. The zero-order valence-corrected chi connectivity index (χ0v) is 7.11. The van der Waals surface area contributed by atoms with E-state index in [-0.39, 0.29) is 17.9 Å². The van der Waals surface area contributed by atoms with Crippen LogP contribution in [0.4, 0.5) is 0 Å². The molecule has 3 N–H and O–H groups in total. The average molecular weight is 182 g/mol. The third kappa shape index (κ3) is 2.11. The topological polar surface area (TPSA) is 77.8 Å². The normalized spacial score (nSPS) is 9.92. The number of hydrogen-bond acceptors (Lipinski definition) is 3. The van der Waals surface area contributed by atoms with Gasteiger partial charge in [0.05, 0.1) is 6.42 Å². The lowest BCUT2D eigenvalue weighted by Crippen LogP contribution is -2.00. The SMILES string of the molecule is Cc1cc(CC(=O)O)c(O)cc1O. The van der Waals surface area contributed by atoms with Gasteiger partial charge in [-0.3, -0.25) is 4.79 Å². The Morgan fingerprint density at radius 3 is 2.46 bits per heavy atom. The van der Waals surface area contributed by atoms with Crippen LogP contribution < -0.4 is 0 Å². The molecule has 0 heterocycles. The number of carboxylic acids is 1. The Hall–Kier alpha value is -1.71. The van der Waals surface area contributed by atoms with Crippen LogP contribution in [0.3, 0.4) is 0 Å². The highest BCUT2D eigenvalue weighted by molar-refractivity contribution is 5.71. The monoisotopic (exact) mass is 182 g/mol. The number of aromatic hydroxyl groups is 2. The zero-order chi connectivity index (χ0) is 10.0. The third-order valence-corrected chi connectivity index (χ3v) is 1.74. The summed E-state index contributed by atoms with van der Waals surface area (Å²) in [6.07, 6.45) is -0.243. The van der Waals surface area contributed by atoms with Crippen molar-refractivity contribution in [3.05, 3.63) is 23.3 Å². The first-order valence-corrected chi connectivity index (χ1v) is 3.74. The Morgan fingerprint density at radius 1 is 1.31 bits per heavy atom. The molecular weight excluding hydrogens is 172 g/mol. The van der Waals surface area contributed by atoms with E-state index in [2.05, 4.69) is 0 Å². The standard InChI is InChI=1S/C9H10O4/c1-5-2-6(3-9(12)13)8(11)4-7(5)10/h2,4,10-11H,3H2,1H3,(H,12,13). The van der Waals surface area contributed by atoms with Gasteiger partial charge in [0, 0.05) is 11.6 Å². The van der Waals surface area contributed by atoms with E-state index in [0.29, 0.717) is 11.1 Å². The molecule has 1 aromatic rings. The molecule has 0 saturated heterocycles. The summed E-state index contributed by atoms with van der Waals surface area (Å²) in [5.41, 5.74) is 0.858. The van der Waals surface area contributed by atoms with Crippen LogP contribution in [0.15, 0.2) is 12.1 Å². The van der Waals surface area contributed by atoms with E-state index in [1.807, 2.05) is 0 Å². The second-order valence-corrected chi connectivity index (χ2v) is 2.84. The Morgan fingerprint density at radius 2 is 1.92 bits per heavy atom. The summed E-state index contributed by atoms with van der Waals surface area (Å²) < 4.78 is 0. The molecule has 0 aliphatic heterocycles. The van der Waals surface area contributed by atoms with Gasteiger partial charge >= 0.3 is 5.97 Å². The molecule has 0 fully saturated rings. The van der Waals surface area contributed by atoms with E-state index in [9.17, 15) is 9.90 Å². The molecule has 0 aromatic heterocycles. The number of aryl methyl sites for hydroxylation is 1. The number of hydrogen-bond donors (Lipinski definition) is 3. The molecule has 0 unspecified atom stereocenters. The summed E-state index contributed by atoms with van der Waals surface area (Å²) in [5, 5.41) is 26.9. The number of phenolic OH excluding ortho intramolecular Hbond substituents is 2. The number of rotatable bonds is 2. The van der Waals surface area contributed by atoms with Crippen molar-refractivity contribution in [2.45, 2.75) is 13.3 Å². The smallest absolute Gasteiger partial charge is 0.307 e. The quantitative estimate of drug-likeness (QED) is 0.638. The zero-order valence-electron chi connectivity index (χ0n) is 7.11. The minimum Gasteiger partial charge on any atom is -0.508 e. The Labute approximate surface area is 75.1 Å². The highest BCUT2D eigenvalue weighted by atomic mass is 16.4. The summed E-state index contributed by atoms with van der Waals surface area (Å²) in [6, 6.07) is 2.60. The van der Waals surface area contributed by atoms with Crippen LogP contribution in [0.2, 0.25) is 0 Å². The fourth-order valence-corrected chi connectivity index (χ4v) is 1.05. The predicted molar refractivity (Wildman–Crippen MR) is 45.8 cm³/mol. The molecule has 0 atom stereocenters. The van der Waals surface area contributed by atoms with Crippen LogP contribution in [-0.2, 0) is 11.2 Å². The largest absolute Gasteiger partial charge is 0.508 e. The van der Waals surface area contributed by atoms with Gasteiger partial charge in [0.25, 0.3) is 0 Å². The number of carbonyl (C=O) groups is 1. The van der Waals surface area contributed by atoms with Crippen molar-refractivity contribution in [1.29, 1.82) is 0 Å². The van der Waals surface area contributed by atoms with Gasteiger partial charge in [-0.25, -0.2) is 0 Å². The van der Waals surface area contributed by atoms with Gasteiger partial charge in [0.1, 0.15) is 11.5 Å². The molecule has 1 aromatic carbocycles. The van der Waals surface area contributed by atoms with Crippen molar-refractivity contribution < 1.29 is 20.1 Å². The highest BCUT2D eigenvalue weighted by Crippen LogP contribution is 2.26. The van der Waals surface area contributed by atoms with Crippen LogP contribution in [0.25, 0.3) is 0 Å². The van der Waals surface area contributed by atoms with E-state index in [1.165, 1.54) is 6.07 Å². The van der Waals surface area contributed by atoms with Crippen molar-refractivity contribution in [2.24, 2.45) is 0 Å². The van der Waals surface area contributed by atoms with E-state index in [4.69, 9.17) is 10.2 Å². The van der Waals surface area contributed by atoms with Crippen molar-refractivity contribution >= 4 is 5.97 Å². The van der Waals surface area contributed by atoms with Crippen LogP contribution in [0.1, 0.15) is 11.1 Å². The van der Waals surface area contributed by atoms with Crippen molar-refractivity contribution in [3.8, 4) is 11.5 Å². The summed E-state index contributed by atoms with van der Waals surface area (Å²) >= 11 is 0. The van der Waals surface area contributed by atoms with Crippen LogP contribution >= 0.6 is 0 Å². The Kier molecular flexibility index (Phi) is 2.41. The molecule has 4 nitrogen and oxygen atoms in total. The van der Waals surface area contributed by atoms with E-state index in [0.717, 1.165) is 6.07 Å². The minimum atomic E-state index is -1.01. The van der Waals surface area contributed by atoms with Crippen molar-refractivity contribution in [3.63, 3.8) is 0 Å². The number of aliphatic carboxylic acids is 1. The molecule has 0 aliphatic carbocycles. The molecule has 0 spiro atoms. The van der Waals surface area contributed by atoms with Gasteiger partial charge in [-0.1, -0.05) is 0 Å². The first-order valence-electron chi connectivity index (χ1n) is 3.74. The number of carboxylic acid groups (broad SMARTS) is 1. The third-order valence-electron chi connectivity index (χ3n) is 1.74. The average Bonchev–Trinajstić information content (AvgIpc) is 1.99. The maximum atomic E-state index is 10.3. The molecule has 0 radical (unpaired) electrons. The fourth-order valence-electron chi connectivity index (χ4n) is 1.05. The Balaban J connectivity index is 3.08. The van der Waals surface area contributed by atoms with Gasteiger partial charge in [-0.2, -0.15) is 0 Å². The van der Waals surface area contributed by atoms with Gasteiger partial charge in [0.2, 0.25) is 0 Å². The molecule has 70 valence electrons. The highest BCUT2D eigenvalue weighted by Gasteiger charge is 2.08. The lowest BCUT2D eigenvalue weighted by molar-refractivity contribution is -0.136. The second-order valence-electron chi connectivity index (χ2n) is 2.84. The predicted octanol–water partition coefficient (Wildman–Crippen LogP) is 1.03. The molecule has 13 heavy (non-hydrogen) atoms. The summed E-state index contributed by atoms with van der Waals surface area (Å²) in [7, 11) is 0. The van der Waals surface area contributed by atoms with Crippen LogP contribution in [0, 0.1) is 6.92 Å². The molecule has 0 amide bonds. The molecule has 4 heteroatoms. The molecule has 0 aliphatic rings. The van der Waals surface area contributed by atoms with E-state index < -0.39 is 5.97 Å². The fraction of sp³-hybridized carbons (Fsp3) is 0.222. The molecule has 0 bridgehead atoms. The summed E-state index contributed by atoms with van der Waals surface area (Å²) in [4.78, 5) is 10.3. The molecule has 0 saturated carbocycles. The van der Waals surface area contributed by atoms with Crippen LogP contribution in [0.5, 0.6) is 11.5 Å². The van der Waals surface area contributed by atoms with E-state index >= 15 is 0 Å². The Bertz CT molecular complexity index is 344. The van der Waals surface area contributed by atoms with Crippen LogP contribution in [-0.4, -0.2) is 21.3 Å². The van der Waals surface area contributed by atoms with E-state index in [1.54, 1.807) is 6.92 Å². The van der Waals surface area contributed by atoms with Gasteiger partial charge in [-0.05, 0) is 18.6 Å². The van der Waals surface area contributed by atoms with Crippen molar-refractivity contribution in [1.82, 2.24) is 0 Å². The summed E-state index contributed by atoms with van der Waals surface area (Å²) in [6.45, 7) is 1.64. The lowest BCUT2D eigenvalue weighted by atomic mass is 10.1. The second kappa shape index (κ2) is 3.35. The lowest BCUT2D eigenvalue weighted by Gasteiger charge is -2.04. The first kappa shape index (κ1) is 9.38.